The summed E-state index contributed by atoms with van der Waals surface area (Å²) in [6.45, 7) is -0.154. The van der Waals surface area contributed by atoms with Crippen molar-refractivity contribution >= 4 is 5.91 Å². The summed E-state index contributed by atoms with van der Waals surface area (Å²) in [5, 5.41) is 8.06. The van der Waals surface area contributed by atoms with Gasteiger partial charge in [-0.25, -0.2) is 22.5 Å². The maximum atomic E-state index is 13.3. The van der Waals surface area contributed by atoms with E-state index in [1.54, 1.807) is 0 Å². The van der Waals surface area contributed by atoms with Crippen LogP contribution in [0.15, 0.2) is 12.4 Å². The van der Waals surface area contributed by atoms with Crippen molar-refractivity contribution < 1.29 is 22.4 Å². The first kappa shape index (κ1) is 13.0. The normalized spacial score (nSPS) is 10.5. The molecule has 1 amide bonds. The Labute approximate surface area is 103 Å². The number of rotatable bonds is 3. The van der Waals surface area contributed by atoms with Crippen molar-refractivity contribution in [2.24, 2.45) is 0 Å². The highest BCUT2D eigenvalue weighted by atomic mass is 19.2. The van der Waals surface area contributed by atoms with Gasteiger partial charge in [-0.05, 0) is 6.07 Å². The zero-order valence-electron chi connectivity index (χ0n) is 9.18. The van der Waals surface area contributed by atoms with E-state index in [0.29, 0.717) is 0 Å². The van der Waals surface area contributed by atoms with Crippen LogP contribution in [0.1, 0.15) is 16.2 Å². The van der Waals surface area contributed by atoms with Gasteiger partial charge in [-0.3, -0.25) is 9.89 Å². The molecule has 0 saturated heterocycles. The zero-order valence-corrected chi connectivity index (χ0v) is 9.18. The minimum atomic E-state index is -2.04. The van der Waals surface area contributed by atoms with Gasteiger partial charge in [0.2, 0.25) is 0 Å². The van der Waals surface area contributed by atoms with E-state index in [0.717, 1.165) is 0 Å². The standard InChI is InChI=1S/C10H6F4N4O/c11-5-1-4(7(12)9(14)8(5)13)10(19)15-2-6-16-3-17-18-6/h1,3H,2H2,(H,15,19)(H,16,17,18). The van der Waals surface area contributed by atoms with Crippen LogP contribution < -0.4 is 5.32 Å². The molecule has 9 heteroatoms. The number of carbonyl (C=O) groups is 1. The highest BCUT2D eigenvalue weighted by Crippen LogP contribution is 2.18. The van der Waals surface area contributed by atoms with Crippen LogP contribution in [-0.2, 0) is 6.54 Å². The van der Waals surface area contributed by atoms with Crippen molar-refractivity contribution in [1.29, 1.82) is 0 Å². The summed E-state index contributed by atoms with van der Waals surface area (Å²) in [6, 6.07) is 0.281. The predicted octanol–water partition coefficient (Wildman–Crippen LogP) is 1.29. The van der Waals surface area contributed by atoms with E-state index in [4.69, 9.17) is 0 Å². The summed E-state index contributed by atoms with van der Waals surface area (Å²) < 4.78 is 51.8. The average molecular weight is 274 g/mol. The molecule has 0 bridgehead atoms. The SMILES string of the molecule is O=C(NCc1ncn[nH]1)c1cc(F)c(F)c(F)c1F. The van der Waals surface area contributed by atoms with Crippen LogP contribution in [0.4, 0.5) is 17.6 Å². The molecule has 0 unspecified atom stereocenters. The van der Waals surface area contributed by atoms with Gasteiger partial charge in [0.25, 0.3) is 5.91 Å². The molecule has 19 heavy (non-hydrogen) atoms. The van der Waals surface area contributed by atoms with Crippen molar-refractivity contribution in [3.63, 3.8) is 0 Å². The van der Waals surface area contributed by atoms with E-state index in [9.17, 15) is 22.4 Å². The van der Waals surface area contributed by atoms with Crippen LogP contribution in [0, 0.1) is 23.3 Å². The Morgan fingerprint density at radius 1 is 1.21 bits per heavy atom. The Morgan fingerprint density at radius 3 is 2.58 bits per heavy atom. The summed E-state index contributed by atoms with van der Waals surface area (Å²) in [7, 11) is 0. The minimum Gasteiger partial charge on any atom is -0.345 e. The molecule has 100 valence electrons. The van der Waals surface area contributed by atoms with Crippen LogP contribution >= 0.6 is 0 Å². The highest BCUT2D eigenvalue weighted by Gasteiger charge is 2.22. The fraction of sp³-hybridized carbons (Fsp3) is 0.100. The molecule has 0 fully saturated rings. The smallest absolute Gasteiger partial charge is 0.254 e. The van der Waals surface area contributed by atoms with E-state index in [1.165, 1.54) is 6.33 Å². The molecule has 0 aliphatic heterocycles. The summed E-state index contributed by atoms with van der Waals surface area (Å²) in [6.07, 6.45) is 1.18. The van der Waals surface area contributed by atoms with Crippen LogP contribution in [-0.4, -0.2) is 21.1 Å². The summed E-state index contributed by atoms with van der Waals surface area (Å²) in [4.78, 5) is 15.2. The number of nitrogens with zero attached hydrogens (tertiary/aromatic N) is 2. The van der Waals surface area contributed by atoms with Crippen LogP contribution in [0.5, 0.6) is 0 Å². The second-order valence-electron chi connectivity index (χ2n) is 3.46. The maximum Gasteiger partial charge on any atom is 0.254 e. The first-order valence-corrected chi connectivity index (χ1v) is 4.96. The molecule has 1 aromatic carbocycles. The zero-order chi connectivity index (χ0) is 14.0. The number of H-pyrrole nitrogens is 1. The van der Waals surface area contributed by atoms with Crippen LogP contribution in [0.3, 0.4) is 0 Å². The number of hydrogen-bond acceptors (Lipinski definition) is 3. The van der Waals surface area contributed by atoms with E-state index < -0.39 is 34.7 Å². The van der Waals surface area contributed by atoms with Crippen molar-refractivity contribution in [2.45, 2.75) is 6.54 Å². The Bertz CT molecular complexity index is 614. The topological polar surface area (TPSA) is 70.7 Å². The third-order valence-corrected chi connectivity index (χ3v) is 2.23. The van der Waals surface area contributed by atoms with Gasteiger partial charge in [0, 0.05) is 0 Å². The fourth-order valence-corrected chi connectivity index (χ4v) is 1.31. The molecule has 0 saturated carbocycles. The van der Waals surface area contributed by atoms with Crippen LogP contribution in [0.2, 0.25) is 0 Å². The quantitative estimate of drug-likeness (QED) is 0.503. The van der Waals surface area contributed by atoms with Crippen LogP contribution in [0.25, 0.3) is 0 Å². The molecular weight excluding hydrogens is 268 g/mol. The van der Waals surface area contributed by atoms with Gasteiger partial charge in [0.1, 0.15) is 12.2 Å². The fourth-order valence-electron chi connectivity index (χ4n) is 1.31. The Hall–Kier alpha value is -2.45. The molecule has 5 nitrogen and oxygen atoms in total. The van der Waals surface area contributed by atoms with Gasteiger partial charge in [0.05, 0.1) is 12.1 Å². The lowest BCUT2D eigenvalue weighted by Crippen LogP contribution is -2.25. The van der Waals surface area contributed by atoms with Crippen molar-refractivity contribution in [1.82, 2.24) is 20.5 Å². The van der Waals surface area contributed by atoms with E-state index in [-0.39, 0.29) is 18.4 Å². The molecule has 0 radical (unpaired) electrons. The first-order valence-electron chi connectivity index (χ1n) is 4.96. The van der Waals surface area contributed by atoms with Gasteiger partial charge in [0.15, 0.2) is 23.3 Å². The van der Waals surface area contributed by atoms with Gasteiger partial charge >= 0.3 is 0 Å². The summed E-state index contributed by atoms with van der Waals surface area (Å²) in [5.74, 6) is -8.25. The minimum absolute atomic E-state index is 0.154. The maximum absolute atomic E-state index is 13.3. The molecular formula is C10H6F4N4O. The number of aromatic nitrogens is 3. The van der Waals surface area contributed by atoms with Crippen molar-refractivity contribution in [3.8, 4) is 0 Å². The number of amides is 1. The number of carbonyl (C=O) groups excluding carboxylic acids is 1. The highest BCUT2D eigenvalue weighted by molar-refractivity contribution is 5.94. The number of benzene rings is 1. The monoisotopic (exact) mass is 274 g/mol. The number of hydrogen-bond donors (Lipinski definition) is 2. The summed E-state index contributed by atoms with van der Waals surface area (Å²) >= 11 is 0. The third-order valence-electron chi connectivity index (χ3n) is 2.23. The molecule has 0 spiro atoms. The number of nitrogens with one attached hydrogen (secondary N) is 2. The van der Waals surface area contributed by atoms with Gasteiger partial charge in [-0.2, -0.15) is 5.10 Å². The lowest BCUT2D eigenvalue weighted by Gasteiger charge is -2.06. The lowest BCUT2D eigenvalue weighted by molar-refractivity contribution is 0.0944. The average Bonchev–Trinajstić information content (AvgIpc) is 2.91. The van der Waals surface area contributed by atoms with Gasteiger partial charge in [-0.1, -0.05) is 0 Å². The molecule has 0 aliphatic rings. The Morgan fingerprint density at radius 2 is 1.95 bits per heavy atom. The molecule has 2 aromatic rings. The molecule has 2 rings (SSSR count). The predicted molar refractivity (Wildman–Crippen MR) is 53.8 cm³/mol. The molecule has 2 N–H and O–H groups in total. The second kappa shape index (κ2) is 5.04. The summed E-state index contributed by atoms with van der Waals surface area (Å²) in [5.41, 5.74) is -0.934. The lowest BCUT2D eigenvalue weighted by atomic mass is 10.1. The largest absolute Gasteiger partial charge is 0.345 e. The third kappa shape index (κ3) is 2.54. The Balaban J connectivity index is 2.20. The molecule has 0 aliphatic carbocycles. The second-order valence-corrected chi connectivity index (χ2v) is 3.46. The molecule has 1 heterocycles. The van der Waals surface area contributed by atoms with E-state index in [1.807, 2.05) is 0 Å². The van der Waals surface area contributed by atoms with Crippen molar-refractivity contribution in [3.05, 3.63) is 47.1 Å². The van der Waals surface area contributed by atoms with Gasteiger partial charge < -0.3 is 5.32 Å². The number of halogens is 4. The van der Waals surface area contributed by atoms with Gasteiger partial charge in [-0.15, -0.1) is 0 Å². The Kier molecular flexibility index (Phi) is 3.45. The van der Waals surface area contributed by atoms with Crippen molar-refractivity contribution in [2.75, 3.05) is 0 Å². The van der Waals surface area contributed by atoms with E-state index in [2.05, 4.69) is 20.5 Å². The number of aromatic amines is 1. The van der Waals surface area contributed by atoms with E-state index >= 15 is 0 Å². The first-order chi connectivity index (χ1) is 9.00. The molecule has 1 aromatic heterocycles. The molecule has 0 atom stereocenters.